The van der Waals surface area contributed by atoms with Crippen molar-refractivity contribution in [3.05, 3.63) is 89.6 Å². The third kappa shape index (κ3) is 3.80. The molecule has 8 heteroatoms. The topological polar surface area (TPSA) is 85.6 Å². The molecule has 1 fully saturated rings. The van der Waals surface area contributed by atoms with Gasteiger partial charge in [0.2, 0.25) is 0 Å². The average Bonchev–Trinajstić information content (AvgIpc) is 3.21. The van der Waals surface area contributed by atoms with Crippen LogP contribution in [-0.2, 0) is 0 Å². The molecule has 4 aromatic rings. The quantitative estimate of drug-likeness (QED) is 0.516. The van der Waals surface area contributed by atoms with Crippen molar-refractivity contribution in [1.82, 2.24) is 30.0 Å². The van der Waals surface area contributed by atoms with E-state index in [1.165, 1.54) is 6.33 Å². The van der Waals surface area contributed by atoms with E-state index in [-0.39, 0.29) is 17.9 Å². The molecule has 2 heterocycles. The van der Waals surface area contributed by atoms with Gasteiger partial charge in [0.25, 0.3) is 5.91 Å². The van der Waals surface area contributed by atoms with Crippen LogP contribution in [0.2, 0.25) is 5.02 Å². The molecule has 1 N–H and O–H groups in total. The summed E-state index contributed by atoms with van der Waals surface area (Å²) in [7, 11) is 0. The zero-order valence-electron chi connectivity index (χ0n) is 16.5. The Bertz CT molecular complexity index is 1210. The fourth-order valence-electron chi connectivity index (χ4n) is 3.82. The molecule has 0 bridgehead atoms. The number of nitrogens with zero attached hydrogens (tertiary/aromatic N) is 5. The van der Waals surface area contributed by atoms with Gasteiger partial charge < -0.3 is 5.32 Å². The first-order valence-corrected chi connectivity index (χ1v) is 10.4. The summed E-state index contributed by atoms with van der Waals surface area (Å²) < 4.78 is 1.96. The standard InChI is InChI=1S/C23H19ClN6O/c24-18-8-4-5-9-20(18)30-21(28-29-22(30)19-10-11-25-14-26-19)16-12-17(13-16)27-23(31)15-6-2-1-3-7-15/h1-11,14,16-17H,12-13H2,(H,27,31). The summed E-state index contributed by atoms with van der Waals surface area (Å²) in [5, 5.41) is 12.6. The Morgan fingerprint density at radius 3 is 2.52 bits per heavy atom. The fraction of sp³-hybridized carbons (Fsp3) is 0.174. The molecule has 2 aromatic heterocycles. The Labute approximate surface area is 184 Å². The van der Waals surface area contributed by atoms with Crippen molar-refractivity contribution in [2.75, 3.05) is 0 Å². The van der Waals surface area contributed by atoms with Gasteiger partial charge in [0.15, 0.2) is 5.82 Å². The maximum absolute atomic E-state index is 12.4. The lowest BCUT2D eigenvalue weighted by atomic mass is 9.79. The van der Waals surface area contributed by atoms with E-state index in [1.807, 2.05) is 59.2 Å². The van der Waals surface area contributed by atoms with Crippen molar-refractivity contribution in [1.29, 1.82) is 0 Å². The molecule has 0 saturated heterocycles. The molecule has 1 saturated carbocycles. The highest BCUT2D eigenvalue weighted by atomic mass is 35.5. The lowest BCUT2D eigenvalue weighted by molar-refractivity contribution is 0.0907. The van der Waals surface area contributed by atoms with Crippen LogP contribution in [0.25, 0.3) is 17.2 Å². The minimum atomic E-state index is -0.0571. The second-order valence-electron chi connectivity index (χ2n) is 7.47. The van der Waals surface area contributed by atoms with E-state index in [2.05, 4.69) is 25.5 Å². The second-order valence-corrected chi connectivity index (χ2v) is 7.88. The van der Waals surface area contributed by atoms with Gasteiger partial charge in [-0.1, -0.05) is 41.9 Å². The first-order chi connectivity index (χ1) is 15.2. The molecule has 7 nitrogen and oxygen atoms in total. The molecule has 31 heavy (non-hydrogen) atoms. The number of carbonyl (C=O) groups is 1. The number of carbonyl (C=O) groups excluding carboxylic acids is 1. The van der Waals surface area contributed by atoms with Crippen molar-refractivity contribution in [3.63, 3.8) is 0 Å². The van der Waals surface area contributed by atoms with E-state index in [4.69, 9.17) is 11.6 Å². The van der Waals surface area contributed by atoms with Crippen LogP contribution in [-0.4, -0.2) is 36.7 Å². The van der Waals surface area contributed by atoms with Crippen LogP contribution >= 0.6 is 11.6 Å². The van der Waals surface area contributed by atoms with Gasteiger partial charge in [-0.15, -0.1) is 10.2 Å². The number of hydrogen-bond donors (Lipinski definition) is 1. The molecular formula is C23H19ClN6O. The van der Waals surface area contributed by atoms with Gasteiger partial charge in [-0.25, -0.2) is 9.97 Å². The van der Waals surface area contributed by atoms with Gasteiger partial charge in [-0.05, 0) is 43.2 Å². The molecule has 0 spiro atoms. The Kier molecular flexibility index (Phi) is 5.18. The normalized spacial score (nSPS) is 17.7. The van der Waals surface area contributed by atoms with Crippen LogP contribution in [0.4, 0.5) is 0 Å². The molecule has 1 aliphatic rings. The van der Waals surface area contributed by atoms with Gasteiger partial charge >= 0.3 is 0 Å². The van der Waals surface area contributed by atoms with Crippen molar-refractivity contribution < 1.29 is 4.79 Å². The van der Waals surface area contributed by atoms with Crippen LogP contribution in [0.15, 0.2) is 73.2 Å². The van der Waals surface area contributed by atoms with Gasteiger partial charge in [-0.3, -0.25) is 9.36 Å². The molecule has 154 valence electrons. The third-order valence-electron chi connectivity index (χ3n) is 5.47. The highest BCUT2D eigenvalue weighted by Crippen LogP contribution is 2.39. The first-order valence-electron chi connectivity index (χ1n) is 10.0. The lowest BCUT2D eigenvalue weighted by Gasteiger charge is -2.35. The minimum Gasteiger partial charge on any atom is -0.349 e. The number of hydrogen-bond acceptors (Lipinski definition) is 5. The van der Waals surface area contributed by atoms with Gasteiger partial charge in [-0.2, -0.15) is 0 Å². The molecule has 0 atom stereocenters. The minimum absolute atomic E-state index is 0.0571. The third-order valence-corrected chi connectivity index (χ3v) is 5.79. The first kappa shape index (κ1) is 19.4. The lowest BCUT2D eigenvalue weighted by Crippen LogP contribution is -2.44. The summed E-state index contributed by atoms with van der Waals surface area (Å²) in [6, 6.07) is 18.7. The van der Waals surface area contributed by atoms with Crippen LogP contribution in [0, 0.1) is 0 Å². The molecule has 5 rings (SSSR count). The average molecular weight is 431 g/mol. The van der Waals surface area contributed by atoms with Gasteiger partial charge in [0.1, 0.15) is 17.8 Å². The monoisotopic (exact) mass is 430 g/mol. The molecule has 1 amide bonds. The zero-order valence-corrected chi connectivity index (χ0v) is 17.3. The van der Waals surface area contributed by atoms with Crippen LogP contribution in [0.5, 0.6) is 0 Å². The molecule has 0 aliphatic heterocycles. The van der Waals surface area contributed by atoms with Gasteiger partial charge in [0, 0.05) is 23.7 Å². The maximum atomic E-state index is 12.4. The Balaban J connectivity index is 1.41. The summed E-state index contributed by atoms with van der Waals surface area (Å²) in [6.45, 7) is 0. The smallest absolute Gasteiger partial charge is 0.251 e. The largest absolute Gasteiger partial charge is 0.349 e. The number of aromatic nitrogens is 5. The molecule has 0 radical (unpaired) electrons. The van der Waals surface area contributed by atoms with E-state index in [9.17, 15) is 4.79 Å². The summed E-state index contributed by atoms with van der Waals surface area (Å²) >= 11 is 6.51. The second kappa shape index (κ2) is 8.28. The van der Waals surface area contributed by atoms with E-state index in [1.54, 1.807) is 12.3 Å². The summed E-state index contributed by atoms with van der Waals surface area (Å²) in [5.41, 5.74) is 2.13. The molecular weight excluding hydrogens is 412 g/mol. The van der Waals surface area contributed by atoms with Crippen molar-refractivity contribution in [3.8, 4) is 17.2 Å². The highest BCUT2D eigenvalue weighted by molar-refractivity contribution is 6.32. The predicted molar refractivity (Wildman–Crippen MR) is 117 cm³/mol. The van der Waals surface area contributed by atoms with Crippen molar-refractivity contribution >= 4 is 17.5 Å². The fourth-order valence-corrected chi connectivity index (χ4v) is 4.05. The number of benzene rings is 2. The van der Waals surface area contributed by atoms with E-state index in [0.29, 0.717) is 22.1 Å². The van der Waals surface area contributed by atoms with E-state index < -0.39 is 0 Å². The Hall–Kier alpha value is -3.58. The molecule has 0 unspecified atom stereocenters. The SMILES string of the molecule is O=C(NC1CC(c2nnc(-c3ccncn3)n2-c2ccccc2Cl)C1)c1ccccc1. The number of amides is 1. The van der Waals surface area contributed by atoms with Crippen LogP contribution < -0.4 is 5.32 Å². The predicted octanol–water partition coefficient (Wildman–Crippen LogP) is 4.05. The van der Waals surface area contributed by atoms with Crippen molar-refractivity contribution in [2.45, 2.75) is 24.8 Å². The van der Waals surface area contributed by atoms with Gasteiger partial charge in [0.05, 0.1) is 10.7 Å². The maximum Gasteiger partial charge on any atom is 0.251 e. The highest BCUT2D eigenvalue weighted by Gasteiger charge is 2.36. The summed E-state index contributed by atoms with van der Waals surface area (Å²) in [4.78, 5) is 20.8. The Morgan fingerprint density at radius 1 is 1.00 bits per heavy atom. The number of nitrogens with one attached hydrogen (secondary N) is 1. The molecule has 1 aliphatic carbocycles. The Morgan fingerprint density at radius 2 is 1.77 bits per heavy atom. The number of para-hydroxylation sites is 1. The molecule has 2 aromatic carbocycles. The zero-order chi connectivity index (χ0) is 21.2. The van der Waals surface area contributed by atoms with E-state index >= 15 is 0 Å². The number of halogens is 1. The van der Waals surface area contributed by atoms with E-state index in [0.717, 1.165) is 24.4 Å². The van der Waals surface area contributed by atoms with Crippen LogP contribution in [0.3, 0.4) is 0 Å². The number of rotatable bonds is 5. The summed E-state index contributed by atoms with van der Waals surface area (Å²) in [5.74, 6) is 1.52. The van der Waals surface area contributed by atoms with Crippen molar-refractivity contribution in [2.24, 2.45) is 0 Å². The van der Waals surface area contributed by atoms with Crippen LogP contribution in [0.1, 0.15) is 34.9 Å². The summed E-state index contributed by atoms with van der Waals surface area (Å²) in [6.07, 6.45) is 4.72.